The van der Waals surface area contributed by atoms with Crippen molar-refractivity contribution in [3.8, 4) is 23.9 Å². The van der Waals surface area contributed by atoms with Gasteiger partial charge in [-0.15, -0.1) is 11.5 Å². The van der Waals surface area contributed by atoms with Gasteiger partial charge in [-0.2, -0.15) is 0 Å². The number of carbonyl (C=O) groups excluding carboxylic acids is 1. The van der Waals surface area contributed by atoms with Crippen molar-refractivity contribution < 1.29 is 9.53 Å². The number of nitrogens with zero attached hydrogens (tertiary/aromatic N) is 3. The third-order valence-corrected chi connectivity index (χ3v) is 4.18. The first kappa shape index (κ1) is 19.3. The third-order valence-electron chi connectivity index (χ3n) is 3.93. The second kappa shape index (κ2) is 8.45. The van der Waals surface area contributed by atoms with Crippen molar-refractivity contribution in [1.82, 2.24) is 15.2 Å². The standard InChI is InChI=1S/C19H17ClN6O2/c1-2-13-4-3-5-17(26(22)19(27)23-21)16(13)12-28-18-10-11-25(24-18)15-8-6-14(20)7-9-15/h1,3-11H,12,21-22H2,(H,23,27). The molecule has 0 aliphatic rings. The second-order valence-electron chi connectivity index (χ2n) is 5.63. The molecular formula is C19H17ClN6O2. The predicted molar refractivity (Wildman–Crippen MR) is 107 cm³/mol. The summed E-state index contributed by atoms with van der Waals surface area (Å²) in [4.78, 5) is 11.8. The van der Waals surface area contributed by atoms with Gasteiger partial charge in [-0.05, 0) is 36.4 Å². The number of rotatable bonds is 5. The van der Waals surface area contributed by atoms with Crippen LogP contribution in [0.3, 0.4) is 0 Å². The molecule has 2 amide bonds. The van der Waals surface area contributed by atoms with E-state index in [1.54, 1.807) is 47.3 Å². The molecule has 0 aliphatic carbocycles. The number of urea groups is 1. The number of hydrazine groups is 2. The molecule has 0 fully saturated rings. The first-order valence-corrected chi connectivity index (χ1v) is 8.49. The Balaban J connectivity index is 1.82. The van der Waals surface area contributed by atoms with E-state index in [2.05, 4.69) is 11.0 Å². The maximum atomic E-state index is 11.8. The van der Waals surface area contributed by atoms with Gasteiger partial charge in [-0.1, -0.05) is 23.6 Å². The fraction of sp³-hybridized carbons (Fsp3) is 0.0526. The van der Waals surface area contributed by atoms with Crippen LogP contribution in [0.15, 0.2) is 54.7 Å². The second-order valence-corrected chi connectivity index (χ2v) is 6.07. The molecule has 3 aromatic rings. The van der Waals surface area contributed by atoms with Crippen LogP contribution in [0.2, 0.25) is 5.02 Å². The van der Waals surface area contributed by atoms with Gasteiger partial charge in [0.05, 0.1) is 11.4 Å². The highest BCUT2D eigenvalue weighted by atomic mass is 35.5. The van der Waals surface area contributed by atoms with Crippen LogP contribution in [0.5, 0.6) is 5.88 Å². The lowest BCUT2D eigenvalue weighted by atomic mass is 10.1. The summed E-state index contributed by atoms with van der Waals surface area (Å²) in [6.45, 7) is 0.0545. The highest BCUT2D eigenvalue weighted by molar-refractivity contribution is 6.30. The van der Waals surface area contributed by atoms with Gasteiger partial charge >= 0.3 is 6.03 Å². The van der Waals surface area contributed by atoms with E-state index < -0.39 is 6.03 Å². The monoisotopic (exact) mass is 396 g/mol. The summed E-state index contributed by atoms with van der Waals surface area (Å²) < 4.78 is 7.42. The zero-order valence-electron chi connectivity index (χ0n) is 14.7. The SMILES string of the molecule is C#Cc1cccc(N(N)C(=O)NN)c1COc1ccn(-c2ccc(Cl)cc2)n1. The normalized spacial score (nSPS) is 10.2. The molecule has 8 nitrogen and oxygen atoms in total. The van der Waals surface area contributed by atoms with E-state index in [4.69, 9.17) is 34.4 Å². The van der Waals surface area contributed by atoms with Crippen molar-refractivity contribution in [1.29, 1.82) is 0 Å². The number of benzene rings is 2. The lowest BCUT2D eigenvalue weighted by molar-refractivity contribution is 0.246. The van der Waals surface area contributed by atoms with E-state index in [9.17, 15) is 4.79 Å². The van der Waals surface area contributed by atoms with Crippen LogP contribution < -0.4 is 26.9 Å². The minimum absolute atomic E-state index is 0.0545. The summed E-state index contributed by atoms with van der Waals surface area (Å²) in [6, 6.07) is 13.3. The van der Waals surface area contributed by atoms with Gasteiger partial charge in [0.25, 0.3) is 0 Å². The highest BCUT2D eigenvalue weighted by Crippen LogP contribution is 2.24. The lowest BCUT2D eigenvalue weighted by Gasteiger charge is -2.20. The van der Waals surface area contributed by atoms with Crippen LogP contribution in [-0.2, 0) is 6.61 Å². The summed E-state index contributed by atoms with van der Waals surface area (Å²) in [7, 11) is 0. The van der Waals surface area contributed by atoms with Gasteiger partial charge in [0.15, 0.2) is 0 Å². The molecule has 9 heteroatoms. The topological polar surface area (TPSA) is 111 Å². The molecule has 2 aromatic carbocycles. The van der Waals surface area contributed by atoms with Crippen molar-refractivity contribution in [3.63, 3.8) is 0 Å². The average Bonchev–Trinajstić information content (AvgIpc) is 3.20. The smallest absolute Gasteiger partial charge is 0.350 e. The Morgan fingerprint density at radius 2 is 2.04 bits per heavy atom. The van der Waals surface area contributed by atoms with Crippen LogP contribution in [0.25, 0.3) is 5.69 Å². The van der Waals surface area contributed by atoms with Crippen molar-refractivity contribution in [2.75, 3.05) is 5.01 Å². The summed E-state index contributed by atoms with van der Waals surface area (Å²) in [6.07, 6.45) is 7.32. The van der Waals surface area contributed by atoms with Crippen LogP contribution in [0, 0.1) is 12.3 Å². The van der Waals surface area contributed by atoms with Gasteiger partial charge in [0.1, 0.15) is 6.61 Å². The Bertz CT molecular complexity index is 1030. The highest BCUT2D eigenvalue weighted by Gasteiger charge is 2.17. The van der Waals surface area contributed by atoms with E-state index >= 15 is 0 Å². The number of carbonyl (C=O) groups is 1. The van der Waals surface area contributed by atoms with Crippen molar-refractivity contribution >= 4 is 23.3 Å². The molecule has 0 spiro atoms. The summed E-state index contributed by atoms with van der Waals surface area (Å²) >= 11 is 5.90. The Morgan fingerprint density at radius 1 is 1.29 bits per heavy atom. The van der Waals surface area contributed by atoms with Crippen LogP contribution in [0.1, 0.15) is 11.1 Å². The molecule has 1 heterocycles. The van der Waals surface area contributed by atoms with E-state index in [0.717, 1.165) is 10.7 Å². The van der Waals surface area contributed by atoms with Crippen molar-refractivity contribution in [3.05, 3.63) is 70.9 Å². The minimum Gasteiger partial charge on any atom is -0.472 e. The Labute approximate surface area is 166 Å². The molecule has 0 aliphatic heterocycles. The first-order valence-electron chi connectivity index (χ1n) is 8.12. The molecule has 0 bridgehead atoms. The number of anilines is 1. The van der Waals surface area contributed by atoms with Crippen molar-refractivity contribution in [2.45, 2.75) is 6.61 Å². The summed E-state index contributed by atoms with van der Waals surface area (Å²) in [5.74, 6) is 13.9. The van der Waals surface area contributed by atoms with Gasteiger partial charge in [-0.25, -0.2) is 26.2 Å². The number of ether oxygens (including phenoxy) is 1. The fourth-order valence-corrected chi connectivity index (χ4v) is 2.66. The lowest BCUT2D eigenvalue weighted by Crippen LogP contribution is -2.48. The van der Waals surface area contributed by atoms with E-state index in [1.807, 2.05) is 17.6 Å². The number of hydrogen-bond donors (Lipinski definition) is 3. The quantitative estimate of drug-likeness (QED) is 0.265. The Hall–Kier alpha value is -3.51. The zero-order valence-corrected chi connectivity index (χ0v) is 15.4. The maximum absolute atomic E-state index is 11.8. The molecule has 5 N–H and O–H groups in total. The Kier molecular flexibility index (Phi) is 5.81. The third kappa shape index (κ3) is 4.07. The van der Waals surface area contributed by atoms with Crippen LogP contribution in [0.4, 0.5) is 10.5 Å². The van der Waals surface area contributed by atoms with Crippen LogP contribution >= 0.6 is 11.6 Å². The molecule has 0 radical (unpaired) electrons. The van der Waals surface area contributed by atoms with Gasteiger partial charge < -0.3 is 4.74 Å². The molecule has 142 valence electrons. The molecule has 0 atom stereocenters. The molecule has 28 heavy (non-hydrogen) atoms. The molecule has 0 saturated heterocycles. The number of amides is 2. The number of nitrogens with two attached hydrogens (primary N) is 2. The number of halogens is 1. The van der Waals surface area contributed by atoms with Gasteiger partial charge in [0.2, 0.25) is 5.88 Å². The number of terminal acetylenes is 1. The molecule has 3 rings (SSSR count). The summed E-state index contributed by atoms with van der Waals surface area (Å²) in [5.41, 5.74) is 4.26. The molecule has 1 aromatic heterocycles. The Morgan fingerprint density at radius 3 is 2.71 bits per heavy atom. The largest absolute Gasteiger partial charge is 0.472 e. The average molecular weight is 397 g/mol. The van der Waals surface area contributed by atoms with Crippen LogP contribution in [-0.4, -0.2) is 15.8 Å². The van der Waals surface area contributed by atoms with E-state index in [0.29, 0.717) is 27.7 Å². The van der Waals surface area contributed by atoms with E-state index in [1.165, 1.54) is 0 Å². The molecular weight excluding hydrogens is 380 g/mol. The minimum atomic E-state index is -0.692. The predicted octanol–water partition coefficient (Wildman–Crippen LogP) is 2.35. The fourth-order valence-electron chi connectivity index (χ4n) is 2.53. The molecule has 0 saturated carbocycles. The maximum Gasteiger partial charge on any atom is 0.350 e. The molecule has 0 unspecified atom stereocenters. The van der Waals surface area contributed by atoms with Crippen molar-refractivity contribution in [2.24, 2.45) is 11.7 Å². The van der Waals surface area contributed by atoms with E-state index in [-0.39, 0.29) is 6.61 Å². The zero-order chi connectivity index (χ0) is 20.1. The first-order chi connectivity index (χ1) is 13.5. The number of aromatic nitrogens is 2. The number of nitrogens with one attached hydrogen (secondary N) is 1. The number of hydrogen-bond acceptors (Lipinski definition) is 5. The van der Waals surface area contributed by atoms with Gasteiger partial charge in [-0.3, -0.25) is 5.43 Å². The summed E-state index contributed by atoms with van der Waals surface area (Å²) in [5, 5.41) is 5.87. The van der Waals surface area contributed by atoms with Gasteiger partial charge in [0, 0.05) is 28.4 Å².